The maximum Gasteiger partial charge on any atom is 0.319 e. The van der Waals surface area contributed by atoms with Crippen LogP contribution < -0.4 is 16.0 Å². The molecule has 0 bridgehead atoms. The highest BCUT2D eigenvalue weighted by Gasteiger charge is 2.39. The molecule has 1 fully saturated rings. The molecule has 0 radical (unpaired) electrons. The summed E-state index contributed by atoms with van der Waals surface area (Å²) in [7, 11) is 1.80. The second kappa shape index (κ2) is 6.19. The zero-order chi connectivity index (χ0) is 17.3. The van der Waals surface area contributed by atoms with E-state index < -0.39 is 12.0 Å². The number of hydrogen-bond acceptors (Lipinski definition) is 3. The number of carbonyl (C=O) groups excluding carboxylic acids is 2. The maximum atomic E-state index is 12.8. The molecule has 3 amide bonds. The van der Waals surface area contributed by atoms with Crippen LogP contribution in [-0.4, -0.2) is 21.7 Å². The van der Waals surface area contributed by atoms with Crippen molar-refractivity contribution in [3.63, 3.8) is 0 Å². The summed E-state index contributed by atoms with van der Waals surface area (Å²) in [5.74, 6) is -0.891. The largest absolute Gasteiger partial charge is 0.330 e. The normalized spacial score (nSPS) is 20.2. The Bertz CT molecular complexity index is 797. The van der Waals surface area contributed by atoms with Crippen molar-refractivity contribution in [2.75, 3.05) is 5.32 Å². The van der Waals surface area contributed by atoms with Gasteiger partial charge in [0, 0.05) is 30.2 Å². The summed E-state index contributed by atoms with van der Waals surface area (Å²) in [4.78, 5) is 24.7. The van der Waals surface area contributed by atoms with E-state index in [2.05, 4.69) is 27.6 Å². The van der Waals surface area contributed by atoms with Crippen molar-refractivity contribution in [1.29, 1.82) is 0 Å². The van der Waals surface area contributed by atoms with Crippen LogP contribution in [0, 0.1) is 12.8 Å². The molecule has 1 aromatic heterocycles. The fourth-order valence-corrected chi connectivity index (χ4v) is 2.92. The number of para-hydroxylation sites is 1. The third-order valence-electron chi connectivity index (χ3n) is 3.98. The molecule has 1 aromatic carbocycles. The number of aryl methyl sites for hydroxylation is 2. The Morgan fingerprint density at radius 2 is 2.04 bits per heavy atom. The van der Waals surface area contributed by atoms with Crippen molar-refractivity contribution in [2.45, 2.75) is 13.0 Å². The average molecular weight is 325 g/mol. The van der Waals surface area contributed by atoms with Crippen LogP contribution in [0.2, 0.25) is 0 Å². The highest BCUT2D eigenvalue weighted by Crippen LogP contribution is 2.31. The smallest absolute Gasteiger partial charge is 0.319 e. The van der Waals surface area contributed by atoms with Crippen molar-refractivity contribution in [3.8, 4) is 0 Å². The van der Waals surface area contributed by atoms with Crippen LogP contribution in [0.25, 0.3) is 0 Å². The molecule has 2 aromatic rings. The zero-order valence-corrected chi connectivity index (χ0v) is 13.5. The average Bonchev–Trinajstić information content (AvgIpc) is 2.85. The molecule has 2 heterocycles. The summed E-state index contributed by atoms with van der Waals surface area (Å²) in [6.45, 7) is 5.71. The molecule has 24 heavy (non-hydrogen) atoms. The first-order chi connectivity index (χ1) is 11.5. The lowest BCUT2D eigenvalue weighted by molar-refractivity contribution is -0.119. The lowest BCUT2D eigenvalue weighted by Crippen LogP contribution is -2.51. The SMILES string of the molecule is C=C1NC(=O)NC(c2cn(C)nc2C)C1C(=O)Nc1ccccc1. The van der Waals surface area contributed by atoms with Crippen molar-refractivity contribution in [2.24, 2.45) is 13.0 Å². The van der Waals surface area contributed by atoms with E-state index in [9.17, 15) is 9.59 Å². The second-order valence-corrected chi connectivity index (χ2v) is 5.78. The van der Waals surface area contributed by atoms with E-state index in [1.807, 2.05) is 31.3 Å². The zero-order valence-electron chi connectivity index (χ0n) is 13.5. The maximum absolute atomic E-state index is 12.8. The predicted octanol–water partition coefficient (Wildman–Crippen LogP) is 1.85. The number of amides is 3. The Balaban J connectivity index is 1.92. The van der Waals surface area contributed by atoms with Crippen LogP contribution in [0.1, 0.15) is 17.3 Å². The standard InChI is InChI=1S/C17H19N5O2/c1-10-13(9-22(3)21-10)15-14(11(2)18-17(24)20-15)16(23)19-12-7-5-4-6-8-12/h4-9,14-15H,2H2,1,3H3,(H,19,23)(H2,18,20,24). The number of hydrogen-bond donors (Lipinski definition) is 3. The van der Waals surface area contributed by atoms with Gasteiger partial charge in [0.15, 0.2) is 0 Å². The fraction of sp³-hybridized carbons (Fsp3) is 0.235. The van der Waals surface area contributed by atoms with Crippen molar-refractivity contribution >= 4 is 17.6 Å². The number of rotatable bonds is 3. The molecule has 0 saturated carbocycles. The molecule has 3 rings (SSSR count). The van der Waals surface area contributed by atoms with Gasteiger partial charge in [-0.3, -0.25) is 9.48 Å². The van der Waals surface area contributed by atoms with Gasteiger partial charge in [0.1, 0.15) is 5.92 Å². The molecule has 7 nitrogen and oxygen atoms in total. The Kier molecular flexibility index (Phi) is 4.07. The minimum absolute atomic E-state index is 0.244. The van der Waals surface area contributed by atoms with Crippen molar-refractivity contribution in [1.82, 2.24) is 20.4 Å². The van der Waals surface area contributed by atoms with Gasteiger partial charge < -0.3 is 16.0 Å². The molecule has 124 valence electrons. The number of anilines is 1. The second-order valence-electron chi connectivity index (χ2n) is 5.78. The van der Waals surface area contributed by atoms with Gasteiger partial charge >= 0.3 is 6.03 Å². The van der Waals surface area contributed by atoms with Gasteiger partial charge in [0.25, 0.3) is 0 Å². The Labute approximate surface area is 139 Å². The summed E-state index contributed by atoms with van der Waals surface area (Å²) in [6.07, 6.45) is 1.81. The monoisotopic (exact) mass is 325 g/mol. The van der Waals surface area contributed by atoms with Crippen LogP contribution in [0.5, 0.6) is 0 Å². The van der Waals surface area contributed by atoms with E-state index >= 15 is 0 Å². The summed E-state index contributed by atoms with van der Waals surface area (Å²) in [5.41, 5.74) is 2.60. The number of carbonyl (C=O) groups is 2. The molecular weight excluding hydrogens is 306 g/mol. The first kappa shape index (κ1) is 15.8. The number of nitrogens with one attached hydrogen (secondary N) is 3. The van der Waals surface area contributed by atoms with Gasteiger partial charge in [0.05, 0.1) is 11.7 Å². The van der Waals surface area contributed by atoms with Gasteiger partial charge in [-0.05, 0) is 19.1 Å². The van der Waals surface area contributed by atoms with Crippen LogP contribution in [0.4, 0.5) is 10.5 Å². The van der Waals surface area contributed by atoms with E-state index in [4.69, 9.17) is 0 Å². The Morgan fingerprint density at radius 1 is 1.33 bits per heavy atom. The van der Waals surface area contributed by atoms with Gasteiger partial charge in [-0.15, -0.1) is 0 Å². The van der Waals surface area contributed by atoms with Crippen molar-refractivity contribution < 1.29 is 9.59 Å². The summed E-state index contributed by atoms with van der Waals surface area (Å²) >= 11 is 0. The van der Waals surface area contributed by atoms with Gasteiger partial charge in [-0.1, -0.05) is 24.8 Å². The van der Waals surface area contributed by atoms with E-state index in [1.165, 1.54) is 0 Å². The van der Waals surface area contributed by atoms with E-state index in [-0.39, 0.29) is 11.9 Å². The highest BCUT2D eigenvalue weighted by molar-refractivity contribution is 5.97. The third kappa shape index (κ3) is 3.01. The van der Waals surface area contributed by atoms with Gasteiger partial charge in [-0.25, -0.2) is 4.79 Å². The molecule has 1 saturated heterocycles. The lowest BCUT2D eigenvalue weighted by Gasteiger charge is -2.33. The molecule has 7 heteroatoms. The third-order valence-corrected chi connectivity index (χ3v) is 3.98. The number of nitrogens with zero attached hydrogens (tertiary/aromatic N) is 2. The van der Waals surface area contributed by atoms with E-state index in [1.54, 1.807) is 23.9 Å². The molecule has 0 aliphatic carbocycles. The Hall–Kier alpha value is -3.09. The van der Waals surface area contributed by atoms with E-state index in [0.717, 1.165) is 11.3 Å². The van der Waals surface area contributed by atoms with Crippen LogP contribution in [-0.2, 0) is 11.8 Å². The van der Waals surface area contributed by atoms with Crippen molar-refractivity contribution in [3.05, 3.63) is 60.1 Å². The lowest BCUT2D eigenvalue weighted by atomic mass is 9.88. The van der Waals surface area contributed by atoms with Crippen LogP contribution in [0.3, 0.4) is 0 Å². The molecule has 0 spiro atoms. The van der Waals surface area contributed by atoms with Crippen LogP contribution in [0.15, 0.2) is 48.8 Å². The quantitative estimate of drug-likeness (QED) is 0.805. The number of aromatic nitrogens is 2. The Morgan fingerprint density at radius 3 is 2.67 bits per heavy atom. The summed E-state index contributed by atoms with van der Waals surface area (Å²) < 4.78 is 1.66. The first-order valence-corrected chi connectivity index (χ1v) is 7.58. The first-order valence-electron chi connectivity index (χ1n) is 7.58. The summed E-state index contributed by atoms with van der Waals surface area (Å²) in [6, 6.07) is 8.27. The molecule has 1 aliphatic heterocycles. The van der Waals surface area contributed by atoms with E-state index in [0.29, 0.717) is 11.4 Å². The molecule has 3 N–H and O–H groups in total. The summed E-state index contributed by atoms with van der Waals surface area (Å²) in [5, 5.41) is 12.6. The molecular formula is C17H19N5O2. The highest BCUT2D eigenvalue weighted by atomic mass is 16.2. The molecule has 2 unspecified atom stereocenters. The minimum Gasteiger partial charge on any atom is -0.330 e. The number of urea groups is 1. The predicted molar refractivity (Wildman–Crippen MR) is 90.1 cm³/mol. The van der Waals surface area contributed by atoms with Crippen LogP contribution >= 0.6 is 0 Å². The topological polar surface area (TPSA) is 88.1 Å². The molecule has 2 atom stereocenters. The molecule has 1 aliphatic rings. The number of benzene rings is 1. The van der Waals surface area contributed by atoms with Gasteiger partial charge in [-0.2, -0.15) is 5.10 Å². The minimum atomic E-state index is -0.647. The fourth-order valence-electron chi connectivity index (χ4n) is 2.92. The van der Waals surface area contributed by atoms with Gasteiger partial charge in [0.2, 0.25) is 5.91 Å².